The van der Waals surface area contributed by atoms with Crippen molar-refractivity contribution in [3.05, 3.63) is 45.5 Å². The number of thioether (sulfide) groups is 1. The summed E-state index contributed by atoms with van der Waals surface area (Å²) in [5, 5.41) is 13.1. The van der Waals surface area contributed by atoms with E-state index in [-0.39, 0.29) is 22.9 Å². The predicted octanol–water partition coefficient (Wildman–Crippen LogP) is 2.27. The molecule has 0 aromatic carbocycles. The fraction of sp³-hybridized carbons (Fsp3) is 0.429. The van der Waals surface area contributed by atoms with E-state index in [1.165, 1.54) is 4.57 Å². The van der Waals surface area contributed by atoms with Crippen LogP contribution in [-0.4, -0.2) is 20.5 Å². The third-order valence-corrected chi connectivity index (χ3v) is 4.10. The third-order valence-electron chi connectivity index (χ3n) is 3.06. The van der Waals surface area contributed by atoms with Gasteiger partial charge < -0.3 is 9.09 Å². The Labute approximate surface area is 126 Å². The highest BCUT2D eigenvalue weighted by molar-refractivity contribution is 7.99. The summed E-state index contributed by atoms with van der Waals surface area (Å²) in [5.41, 5.74) is 0.471. The molecule has 2 heterocycles. The van der Waals surface area contributed by atoms with Crippen molar-refractivity contribution in [3.63, 3.8) is 0 Å². The van der Waals surface area contributed by atoms with Crippen molar-refractivity contribution in [1.82, 2.24) is 14.7 Å². The largest absolute Gasteiger partial charge is 0.337 e. The molecule has 110 valence electrons. The molecule has 0 bridgehead atoms. The SMILES string of the molecule is CCS[C@H](C)c1noc(Cn2ccc(C)c(C#N)c2=O)n1. The van der Waals surface area contributed by atoms with E-state index in [1.807, 2.05) is 13.0 Å². The first-order chi connectivity index (χ1) is 10.1. The Morgan fingerprint density at radius 3 is 3.00 bits per heavy atom. The monoisotopic (exact) mass is 304 g/mol. The van der Waals surface area contributed by atoms with Gasteiger partial charge in [0.25, 0.3) is 5.56 Å². The highest BCUT2D eigenvalue weighted by atomic mass is 32.2. The fourth-order valence-electron chi connectivity index (χ4n) is 1.89. The summed E-state index contributed by atoms with van der Waals surface area (Å²) in [6.45, 7) is 5.98. The van der Waals surface area contributed by atoms with E-state index in [0.717, 1.165) is 5.75 Å². The van der Waals surface area contributed by atoms with Gasteiger partial charge in [-0.2, -0.15) is 22.0 Å². The van der Waals surface area contributed by atoms with Crippen molar-refractivity contribution in [3.8, 4) is 6.07 Å². The van der Waals surface area contributed by atoms with Crippen molar-refractivity contribution < 1.29 is 4.52 Å². The second-order valence-corrected chi connectivity index (χ2v) is 6.18. The molecule has 2 rings (SSSR count). The van der Waals surface area contributed by atoms with Crippen LogP contribution in [0.15, 0.2) is 21.6 Å². The second kappa shape index (κ2) is 6.59. The van der Waals surface area contributed by atoms with Crippen molar-refractivity contribution >= 4 is 11.8 Å². The first-order valence-electron chi connectivity index (χ1n) is 6.61. The molecule has 0 spiro atoms. The van der Waals surface area contributed by atoms with E-state index in [0.29, 0.717) is 17.3 Å². The first-order valence-corrected chi connectivity index (χ1v) is 7.66. The van der Waals surface area contributed by atoms with Gasteiger partial charge in [-0.25, -0.2) is 0 Å². The van der Waals surface area contributed by atoms with Gasteiger partial charge in [-0.1, -0.05) is 12.1 Å². The number of rotatable bonds is 5. The molecule has 0 amide bonds. The maximum Gasteiger partial charge on any atom is 0.269 e. The summed E-state index contributed by atoms with van der Waals surface area (Å²) in [4.78, 5) is 16.4. The molecular formula is C14H16N4O2S. The number of aromatic nitrogens is 3. The molecule has 0 aliphatic carbocycles. The molecule has 21 heavy (non-hydrogen) atoms. The zero-order chi connectivity index (χ0) is 15.4. The van der Waals surface area contributed by atoms with Crippen molar-refractivity contribution in [2.45, 2.75) is 32.6 Å². The Hall–Kier alpha value is -2.07. The number of pyridine rings is 1. The van der Waals surface area contributed by atoms with Gasteiger partial charge in [0, 0.05) is 6.20 Å². The Bertz CT molecular complexity index is 729. The molecule has 2 aromatic heterocycles. The lowest BCUT2D eigenvalue weighted by Crippen LogP contribution is -2.23. The van der Waals surface area contributed by atoms with Crippen LogP contribution < -0.4 is 5.56 Å². The number of aryl methyl sites for hydroxylation is 1. The highest BCUT2D eigenvalue weighted by Gasteiger charge is 2.15. The molecule has 0 aliphatic rings. The lowest BCUT2D eigenvalue weighted by molar-refractivity contribution is 0.365. The summed E-state index contributed by atoms with van der Waals surface area (Å²) in [7, 11) is 0. The maximum absolute atomic E-state index is 12.1. The van der Waals surface area contributed by atoms with Crippen LogP contribution in [0.4, 0.5) is 0 Å². The molecule has 0 aliphatic heterocycles. The van der Waals surface area contributed by atoms with E-state index < -0.39 is 0 Å². The minimum Gasteiger partial charge on any atom is -0.337 e. The molecule has 7 heteroatoms. The molecule has 0 unspecified atom stereocenters. The van der Waals surface area contributed by atoms with Crippen LogP contribution in [-0.2, 0) is 6.54 Å². The molecule has 0 radical (unpaired) electrons. The van der Waals surface area contributed by atoms with E-state index in [4.69, 9.17) is 9.78 Å². The smallest absolute Gasteiger partial charge is 0.269 e. The van der Waals surface area contributed by atoms with E-state index >= 15 is 0 Å². The average Bonchev–Trinajstić information content (AvgIpc) is 2.92. The van der Waals surface area contributed by atoms with Crippen molar-refractivity contribution in [2.24, 2.45) is 0 Å². The molecule has 6 nitrogen and oxygen atoms in total. The van der Waals surface area contributed by atoms with E-state index in [9.17, 15) is 4.79 Å². The van der Waals surface area contributed by atoms with Gasteiger partial charge >= 0.3 is 0 Å². The standard InChI is InChI=1S/C14H16N4O2S/c1-4-21-10(3)13-16-12(20-17-13)8-18-6-5-9(2)11(7-15)14(18)19/h5-6,10H,4,8H2,1-3H3/t10-/m1/s1. The minimum atomic E-state index is -0.340. The van der Waals surface area contributed by atoms with Crippen LogP contribution in [0.3, 0.4) is 0 Å². The van der Waals surface area contributed by atoms with Crippen LogP contribution >= 0.6 is 11.8 Å². The molecule has 1 atom stereocenters. The van der Waals surface area contributed by atoms with Crippen LogP contribution in [0.5, 0.6) is 0 Å². The quantitative estimate of drug-likeness (QED) is 0.842. The van der Waals surface area contributed by atoms with Crippen LogP contribution in [0.25, 0.3) is 0 Å². The average molecular weight is 304 g/mol. The number of hydrogen-bond acceptors (Lipinski definition) is 6. The fourth-order valence-corrected chi connectivity index (χ4v) is 2.64. The van der Waals surface area contributed by atoms with E-state index in [1.54, 1.807) is 30.9 Å². The zero-order valence-electron chi connectivity index (χ0n) is 12.2. The van der Waals surface area contributed by atoms with Gasteiger partial charge in [0.15, 0.2) is 5.82 Å². The Morgan fingerprint density at radius 1 is 1.57 bits per heavy atom. The summed E-state index contributed by atoms with van der Waals surface area (Å²) >= 11 is 1.72. The molecule has 2 aromatic rings. The molecular weight excluding hydrogens is 288 g/mol. The summed E-state index contributed by atoms with van der Waals surface area (Å²) in [6, 6.07) is 3.66. The molecule has 0 saturated carbocycles. The van der Waals surface area contributed by atoms with Crippen molar-refractivity contribution in [2.75, 3.05) is 5.75 Å². The van der Waals surface area contributed by atoms with Gasteiger partial charge in [0.1, 0.15) is 18.2 Å². The van der Waals surface area contributed by atoms with Gasteiger partial charge in [0.2, 0.25) is 5.89 Å². The lowest BCUT2D eigenvalue weighted by Gasteiger charge is -2.04. The minimum absolute atomic E-state index is 0.146. The summed E-state index contributed by atoms with van der Waals surface area (Å²) in [6.07, 6.45) is 1.63. The van der Waals surface area contributed by atoms with Gasteiger partial charge in [-0.3, -0.25) is 4.79 Å². The third kappa shape index (κ3) is 3.34. The van der Waals surface area contributed by atoms with Crippen molar-refractivity contribution in [1.29, 1.82) is 5.26 Å². The Balaban J connectivity index is 2.24. The van der Waals surface area contributed by atoms with Crippen LogP contribution in [0, 0.1) is 18.3 Å². The van der Waals surface area contributed by atoms with Crippen LogP contribution in [0.1, 0.15) is 41.9 Å². The van der Waals surface area contributed by atoms with Gasteiger partial charge in [0.05, 0.1) is 5.25 Å². The molecule has 0 N–H and O–H groups in total. The number of nitrogens with zero attached hydrogens (tertiary/aromatic N) is 4. The molecule has 0 saturated heterocycles. The summed E-state index contributed by atoms with van der Waals surface area (Å²) in [5.74, 6) is 1.95. The summed E-state index contributed by atoms with van der Waals surface area (Å²) < 4.78 is 6.58. The maximum atomic E-state index is 12.1. The highest BCUT2D eigenvalue weighted by Crippen LogP contribution is 2.25. The first kappa shape index (κ1) is 15.3. The lowest BCUT2D eigenvalue weighted by atomic mass is 10.2. The normalized spacial score (nSPS) is 12.1. The topological polar surface area (TPSA) is 84.7 Å². The second-order valence-electron chi connectivity index (χ2n) is 4.56. The van der Waals surface area contributed by atoms with E-state index in [2.05, 4.69) is 17.1 Å². The van der Waals surface area contributed by atoms with Gasteiger partial charge in [-0.15, -0.1) is 0 Å². The Morgan fingerprint density at radius 2 is 2.33 bits per heavy atom. The number of nitriles is 1. The predicted molar refractivity (Wildman–Crippen MR) is 80.1 cm³/mol. The van der Waals surface area contributed by atoms with Crippen LogP contribution in [0.2, 0.25) is 0 Å². The molecule has 0 fully saturated rings. The van der Waals surface area contributed by atoms with Gasteiger partial charge in [-0.05, 0) is 31.2 Å². The number of hydrogen-bond donors (Lipinski definition) is 0. The Kier molecular flexibility index (Phi) is 4.81. The zero-order valence-corrected chi connectivity index (χ0v) is 13.0.